The van der Waals surface area contributed by atoms with Crippen molar-refractivity contribution in [2.75, 3.05) is 18.2 Å². The smallest absolute Gasteiger partial charge is 0.277 e. The Morgan fingerprint density at radius 1 is 0.971 bits per heavy atom. The van der Waals surface area contributed by atoms with Gasteiger partial charge in [0.25, 0.3) is 17.0 Å². The topological polar surface area (TPSA) is 106 Å². The fourth-order valence-corrected chi connectivity index (χ4v) is 3.96. The molecular weight excluding hydrogens is 464 g/mol. The van der Waals surface area contributed by atoms with E-state index in [1.165, 1.54) is 0 Å². The Morgan fingerprint density at radius 3 is 2.49 bits per heavy atom. The normalized spacial score (nSPS) is 11.5. The molecule has 4 aromatic rings. The Morgan fingerprint density at radius 2 is 1.69 bits per heavy atom. The highest BCUT2D eigenvalue weighted by Crippen LogP contribution is 2.30. The molecular formula is C26H24N4O4S. The van der Waals surface area contributed by atoms with Crippen molar-refractivity contribution in [1.82, 2.24) is 15.5 Å². The molecule has 1 atom stereocenters. The van der Waals surface area contributed by atoms with Crippen LogP contribution in [0.15, 0.2) is 88.5 Å². The number of hydrogen-bond donors (Lipinski definition) is 2. The van der Waals surface area contributed by atoms with E-state index in [1.807, 2.05) is 55.5 Å². The van der Waals surface area contributed by atoms with Crippen LogP contribution in [-0.2, 0) is 4.79 Å². The molecule has 0 spiro atoms. The van der Waals surface area contributed by atoms with E-state index in [-0.39, 0.29) is 28.8 Å². The van der Waals surface area contributed by atoms with Gasteiger partial charge in [0.05, 0.1) is 35.7 Å². The summed E-state index contributed by atoms with van der Waals surface area (Å²) < 4.78 is 11.0. The van der Waals surface area contributed by atoms with Gasteiger partial charge in [0.15, 0.2) is 0 Å². The minimum Gasteiger partial charge on any atom is -0.496 e. The molecule has 0 aliphatic heterocycles. The number of thioether (sulfide) groups is 1. The first kappa shape index (κ1) is 24.0. The molecule has 3 aromatic carbocycles. The second-order valence-electron chi connectivity index (χ2n) is 7.56. The minimum atomic E-state index is -0.302. The Kier molecular flexibility index (Phi) is 7.79. The molecule has 178 valence electrons. The van der Waals surface area contributed by atoms with Gasteiger partial charge in [-0.15, -0.1) is 10.2 Å². The maximum atomic E-state index is 12.9. The zero-order valence-electron chi connectivity index (χ0n) is 19.2. The number of carbonyl (C=O) groups is 2. The lowest BCUT2D eigenvalue weighted by Crippen LogP contribution is -2.28. The van der Waals surface area contributed by atoms with E-state index in [2.05, 4.69) is 20.8 Å². The Balaban J connectivity index is 1.37. The maximum Gasteiger partial charge on any atom is 0.277 e. The van der Waals surface area contributed by atoms with Gasteiger partial charge in [0.1, 0.15) is 5.75 Å². The van der Waals surface area contributed by atoms with Crippen LogP contribution in [0, 0.1) is 0 Å². The van der Waals surface area contributed by atoms with E-state index >= 15 is 0 Å². The molecule has 1 unspecified atom stereocenters. The van der Waals surface area contributed by atoms with Crippen LogP contribution in [-0.4, -0.2) is 34.9 Å². The summed E-state index contributed by atoms with van der Waals surface area (Å²) in [5.74, 6) is 0.373. The second-order valence-corrected chi connectivity index (χ2v) is 8.49. The number of para-hydroxylation sites is 2. The first-order chi connectivity index (χ1) is 17.0. The number of methoxy groups -OCH3 is 1. The average molecular weight is 489 g/mol. The van der Waals surface area contributed by atoms with Gasteiger partial charge in [-0.2, -0.15) is 0 Å². The molecule has 0 radical (unpaired) electrons. The molecule has 0 saturated carbocycles. The highest BCUT2D eigenvalue weighted by molar-refractivity contribution is 7.99. The molecule has 0 aliphatic carbocycles. The number of nitrogens with one attached hydrogen (secondary N) is 2. The number of hydrogen-bond acceptors (Lipinski definition) is 7. The van der Waals surface area contributed by atoms with E-state index < -0.39 is 0 Å². The minimum absolute atomic E-state index is 0.0317. The van der Waals surface area contributed by atoms with Gasteiger partial charge in [0, 0.05) is 0 Å². The number of aromatic nitrogens is 2. The number of amides is 2. The molecule has 4 rings (SSSR count). The zero-order valence-corrected chi connectivity index (χ0v) is 20.0. The van der Waals surface area contributed by atoms with E-state index in [4.69, 9.17) is 9.15 Å². The molecule has 35 heavy (non-hydrogen) atoms. The molecule has 9 heteroatoms. The third kappa shape index (κ3) is 6.07. The van der Waals surface area contributed by atoms with Crippen LogP contribution in [0.3, 0.4) is 0 Å². The number of ether oxygens (including phenoxy) is 1. The van der Waals surface area contributed by atoms with E-state index in [0.717, 1.165) is 17.3 Å². The van der Waals surface area contributed by atoms with Crippen molar-refractivity contribution < 1.29 is 18.7 Å². The fourth-order valence-electron chi connectivity index (χ4n) is 3.40. The van der Waals surface area contributed by atoms with Gasteiger partial charge >= 0.3 is 0 Å². The largest absolute Gasteiger partial charge is 0.496 e. The van der Waals surface area contributed by atoms with Crippen LogP contribution >= 0.6 is 11.8 Å². The third-order valence-corrected chi connectivity index (χ3v) is 5.98. The number of anilines is 1. The summed E-state index contributed by atoms with van der Waals surface area (Å²) in [5.41, 5.74) is 2.47. The lowest BCUT2D eigenvalue weighted by molar-refractivity contribution is -0.113. The van der Waals surface area contributed by atoms with Gasteiger partial charge in [-0.1, -0.05) is 66.4 Å². The van der Waals surface area contributed by atoms with Crippen LogP contribution in [0.4, 0.5) is 5.69 Å². The summed E-state index contributed by atoms with van der Waals surface area (Å²) >= 11 is 1.11. The standard InChI is InChI=1S/C26H24N4O4S/c1-17(18-10-4-3-5-11-18)27-24(32)19-12-6-8-14-21(19)28-23(31)16-35-26-30-29-25(34-26)20-13-7-9-15-22(20)33-2/h3-15,17H,16H2,1-2H3,(H,27,32)(H,28,31). The number of rotatable bonds is 9. The maximum absolute atomic E-state index is 12.9. The highest BCUT2D eigenvalue weighted by Gasteiger charge is 2.18. The van der Waals surface area contributed by atoms with Crippen molar-refractivity contribution in [2.24, 2.45) is 0 Å². The van der Waals surface area contributed by atoms with Crippen molar-refractivity contribution in [1.29, 1.82) is 0 Å². The molecule has 0 aliphatic rings. The van der Waals surface area contributed by atoms with E-state index in [1.54, 1.807) is 37.4 Å². The van der Waals surface area contributed by atoms with Crippen molar-refractivity contribution in [2.45, 2.75) is 18.2 Å². The van der Waals surface area contributed by atoms with Gasteiger partial charge in [-0.3, -0.25) is 9.59 Å². The van der Waals surface area contributed by atoms with Crippen LogP contribution < -0.4 is 15.4 Å². The van der Waals surface area contributed by atoms with Crippen LogP contribution in [0.25, 0.3) is 11.5 Å². The summed E-state index contributed by atoms with van der Waals surface area (Å²) in [6.07, 6.45) is 0. The van der Waals surface area contributed by atoms with Crippen molar-refractivity contribution in [3.05, 3.63) is 90.0 Å². The SMILES string of the molecule is COc1ccccc1-c1nnc(SCC(=O)Nc2ccccc2C(=O)NC(C)c2ccccc2)o1. The lowest BCUT2D eigenvalue weighted by atomic mass is 10.1. The molecule has 8 nitrogen and oxygen atoms in total. The van der Waals surface area contributed by atoms with Crippen molar-refractivity contribution >= 4 is 29.3 Å². The van der Waals surface area contributed by atoms with Gasteiger partial charge in [0.2, 0.25) is 5.91 Å². The van der Waals surface area contributed by atoms with E-state index in [0.29, 0.717) is 28.5 Å². The lowest BCUT2D eigenvalue weighted by Gasteiger charge is -2.16. The van der Waals surface area contributed by atoms with Gasteiger partial charge < -0.3 is 19.8 Å². The molecule has 2 amide bonds. The summed E-state index contributed by atoms with van der Waals surface area (Å²) in [5, 5.41) is 14.1. The first-order valence-electron chi connectivity index (χ1n) is 10.9. The van der Waals surface area contributed by atoms with Crippen LogP contribution in [0.2, 0.25) is 0 Å². The second kappa shape index (κ2) is 11.3. The quantitative estimate of drug-likeness (QED) is 0.321. The van der Waals surface area contributed by atoms with Gasteiger partial charge in [-0.05, 0) is 36.8 Å². The predicted octanol–water partition coefficient (Wildman–Crippen LogP) is 4.97. The molecule has 0 bridgehead atoms. The Labute approximate surface area is 207 Å². The fraction of sp³-hybridized carbons (Fsp3) is 0.154. The summed E-state index contributed by atoms with van der Waals surface area (Å²) in [7, 11) is 1.57. The first-order valence-corrected chi connectivity index (χ1v) is 11.9. The molecule has 2 N–H and O–H groups in total. The summed E-state index contributed by atoms with van der Waals surface area (Å²) in [6, 6.07) is 23.7. The molecule has 1 aromatic heterocycles. The summed E-state index contributed by atoms with van der Waals surface area (Å²) in [6.45, 7) is 1.91. The average Bonchev–Trinajstić information content (AvgIpc) is 3.37. The zero-order chi connectivity index (χ0) is 24.6. The third-order valence-electron chi connectivity index (χ3n) is 5.16. The molecule has 0 saturated heterocycles. The Hall–Kier alpha value is -4.11. The molecule has 1 heterocycles. The molecule has 0 fully saturated rings. The van der Waals surface area contributed by atoms with Crippen molar-refractivity contribution in [3.63, 3.8) is 0 Å². The Bertz CT molecular complexity index is 1310. The van der Waals surface area contributed by atoms with Crippen LogP contribution in [0.5, 0.6) is 5.75 Å². The number of nitrogens with zero attached hydrogens (tertiary/aromatic N) is 2. The van der Waals surface area contributed by atoms with E-state index in [9.17, 15) is 9.59 Å². The van der Waals surface area contributed by atoms with Crippen LogP contribution in [0.1, 0.15) is 28.9 Å². The van der Waals surface area contributed by atoms with Crippen molar-refractivity contribution in [3.8, 4) is 17.2 Å². The van der Waals surface area contributed by atoms with Gasteiger partial charge in [-0.25, -0.2) is 0 Å². The number of carbonyl (C=O) groups excluding carboxylic acids is 2. The number of benzene rings is 3. The summed E-state index contributed by atoms with van der Waals surface area (Å²) in [4.78, 5) is 25.5. The predicted molar refractivity (Wildman–Crippen MR) is 134 cm³/mol. The highest BCUT2D eigenvalue weighted by atomic mass is 32.2. The monoisotopic (exact) mass is 488 g/mol.